The normalized spacial score (nSPS) is 24.9. The Morgan fingerprint density at radius 2 is 2.00 bits per heavy atom. The summed E-state index contributed by atoms with van der Waals surface area (Å²) in [5, 5.41) is 0. The molecule has 1 aliphatic heterocycles. The maximum Gasteiger partial charge on any atom is 0.320 e. The zero-order valence-electron chi connectivity index (χ0n) is 19.1. The van der Waals surface area contributed by atoms with Crippen LogP contribution in [0.4, 0.5) is 0 Å². The van der Waals surface area contributed by atoms with Crippen molar-refractivity contribution in [2.75, 3.05) is 47.4 Å². The number of esters is 1. The minimum Gasteiger partial charge on any atom is -0.496 e. The summed E-state index contributed by atoms with van der Waals surface area (Å²) in [6.07, 6.45) is 6.86. The number of benzene rings is 1. The zero-order chi connectivity index (χ0) is 21.5. The first-order valence-corrected chi connectivity index (χ1v) is 11.3. The van der Waals surface area contributed by atoms with E-state index in [0.29, 0.717) is 12.6 Å². The van der Waals surface area contributed by atoms with Gasteiger partial charge >= 0.3 is 5.97 Å². The largest absolute Gasteiger partial charge is 0.496 e. The van der Waals surface area contributed by atoms with E-state index in [4.69, 9.17) is 14.2 Å². The molecule has 30 heavy (non-hydrogen) atoms. The van der Waals surface area contributed by atoms with E-state index in [1.807, 2.05) is 19.0 Å². The minimum absolute atomic E-state index is 0.0139. The molecule has 2 fully saturated rings. The van der Waals surface area contributed by atoms with Crippen LogP contribution in [0.25, 0.3) is 0 Å². The molecule has 168 valence electrons. The highest BCUT2D eigenvalue weighted by Gasteiger charge is 2.36. The lowest BCUT2D eigenvalue weighted by Crippen LogP contribution is -2.46. The van der Waals surface area contributed by atoms with Gasteiger partial charge in [-0.15, -0.1) is 0 Å². The highest BCUT2D eigenvalue weighted by atomic mass is 16.5. The fraction of sp³-hybridized carbons (Fsp3) is 0.708. The van der Waals surface area contributed by atoms with Crippen molar-refractivity contribution in [1.82, 2.24) is 9.80 Å². The first-order chi connectivity index (χ1) is 14.5. The number of likely N-dealkylation sites (tertiary alicyclic amines) is 1. The molecule has 1 saturated heterocycles. The number of likely N-dealkylation sites (N-methyl/N-ethyl adjacent to an activating group) is 1. The quantitative estimate of drug-likeness (QED) is 0.575. The van der Waals surface area contributed by atoms with E-state index in [9.17, 15) is 4.79 Å². The Labute approximate surface area is 181 Å². The highest BCUT2D eigenvalue weighted by molar-refractivity contribution is 5.71. The fourth-order valence-corrected chi connectivity index (χ4v) is 4.67. The number of nitrogens with zero attached hydrogens (tertiary/aromatic N) is 2. The molecule has 0 unspecified atom stereocenters. The predicted molar refractivity (Wildman–Crippen MR) is 118 cm³/mol. The number of aryl methyl sites for hydroxylation is 1. The Bertz CT molecular complexity index is 694. The van der Waals surface area contributed by atoms with Crippen LogP contribution < -0.4 is 4.74 Å². The van der Waals surface area contributed by atoms with Gasteiger partial charge in [-0.2, -0.15) is 0 Å². The molecule has 1 aromatic rings. The van der Waals surface area contributed by atoms with E-state index in [-0.39, 0.29) is 18.2 Å². The van der Waals surface area contributed by atoms with Crippen LogP contribution in [0.2, 0.25) is 0 Å². The van der Waals surface area contributed by atoms with Crippen LogP contribution in [0.5, 0.6) is 5.75 Å². The van der Waals surface area contributed by atoms with Crippen molar-refractivity contribution in [1.29, 1.82) is 0 Å². The van der Waals surface area contributed by atoms with Crippen molar-refractivity contribution in [2.24, 2.45) is 0 Å². The highest BCUT2D eigenvalue weighted by Crippen LogP contribution is 2.29. The molecule has 6 heteroatoms. The molecule has 3 rings (SSSR count). The standard InChI is InChI=1S/C24H38N2O4/c1-18-9-10-19(15-23(18)28-4)12-14-29-22-8-6-5-7-21(22)26-13-11-20(16-26)30-24(27)17-25(2)3/h9-10,15,20-22H,5-8,11-14,16-17H2,1-4H3/t20-,21-,22-/m1/s1. The van der Waals surface area contributed by atoms with Crippen LogP contribution in [0.3, 0.4) is 0 Å². The molecule has 2 aliphatic rings. The summed E-state index contributed by atoms with van der Waals surface area (Å²) in [6.45, 7) is 4.95. The van der Waals surface area contributed by atoms with E-state index < -0.39 is 0 Å². The average molecular weight is 419 g/mol. The first-order valence-electron chi connectivity index (χ1n) is 11.3. The maximum atomic E-state index is 12.0. The van der Waals surface area contributed by atoms with E-state index in [2.05, 4.69) is 30.0 Å². The van der Waals surface area contributed by atoms with Crippen LogP contribution in [0.1, 0.15) is 43.2 Å². The molecule has 0 N–H and O–H groups in total. The van der Waals surface area contributed by atoms with Gasteiger partial charge in [0.1, 0.15) is 11.9 Å². The summed E-state index contributed by atoms with van der Waals surface area (Å²) in [7, 11) is 5.49. The van der Waals surface area contributed by atoms with Crippen molar-refractivity contribution in [3.05, 3.63) is 29.3 Å². The van der Waals surface area contributed by atoms with Crippen molar-refractivity contribution in [3.63, 3.8) is 0 Å². The van der Waals surface area contributed by atoms with Crippen molar-refractivity contribution >= 4 is 5.97 Å². The van der Waals surface area contributed by atoms with Gasteiger partial charge in [-0.1, -0.05) is 25.0 Å². The number of carbonyl (C=O) groups is 1. The molecular formula is C24H38N2O4. The van der Waals surface area contributed by atoms with Crippen LogP contribution in [-0.4, -0.2) is 81.5 Å². The van der Waals surface area contributed by atoms with Gasteiger partial charge < -0.3 is 14.2 Å². The zero-order valence-corrected chi connectivity index (χ0v) is 19.1. The number of carbonyl (C=O) groups excluding carboxylic acids is 1. The second-order valence-corrected chi connectivity index (χ2v) is 8.95. The lowest BCUT2D eigenvalue weighted by Gasteiger charge is -2.37. The van der Waals surface area contributed by atoms with Crippen molar-refractivity contribution < 1.29 is 19.0 Å². The molecule has 3 atom stereocenters. The topological polar surface area (TPSA) is 51.2 Å². The summed E-state index contributed by atoms with van der Waals surface area (Å²) in [6, 6.07) is 6.82. The SMILES string of the molecule is COc1cc(CCO[C@@H]2CCCC[C@H]2N2CC[C@@H](OC(=O)CN(C)C)C2)ccc1C. The molecule has 0 spiro atoms. The lowest BCUT2D eigenvalue weighted by molar-refractivity contribution is -0.149. The van der Waals surface area contributed by atoms with Crippen LogP contribution in [0, 0.1) is 6.92 Å². The Hall–Kier alpha value is -1.63. The van der Waals surface area contributed by atoms with Gasteiger partial charge in [0.25, 0.3) is 0 Å². The molecule has 1 heterocycles. The second-order valence-electron chi connectivity index (χ2n) is 8.95. The average Bonchev–Trinajstić information content (AvgIpc) is 3.17. The van der Waals surface area contributed by atoms with E-state index >= 15 is 0 Å². The van der Waals surface area contributed by atoms with Gasteiger partial charge in [0.15, 0.2) is 0 Å². The Balaban J connectivity index is 1.48. The van der Waals surface area contributed by atoms with Crippen LogP contribution in [0.15, 0.2) is 18.2 Å². The summed E-state index contributed by atoms with van der Waals surface area (Å²) in [4.78, 5) is 16.3. The van der Waals surface area contributed by atoms with Crippen molar-refractivity contribution in [3.8, 4) is 5.75 Å². The number of ether oxygens (including phenoxy) is 3. The van der Waals surface area contributed by atoms with Crippen LogP contribution in [-0.2, 0) is 20.7 Å². The summed E-state index contributed by atoms with van der Waals surface area (Å²) in [5.74, 6) is 0.812. The lowest BCUT2D eigenvalue weighted by atomic mass is 9.91. The summed E-state index contributed by atoms with van der Waals surface area (Å²) in [5.41, 5.74) is 2.41. The molecule has 0 radical (unpaired) electrons. The fourth-order valence-electron chi connectivity index (χ4n) is 4.67. The Morgan fingerprint density at radius 3 is 2.77 bits per heavy atom. The summed E-state index contributed by atoms with van der Waals surface area (Å²) < 4.78 is 17.5. The molecule has 1 aromatic carbocycles. The maximum absolute atomic E-state index is 12.0. The number of rotatable bonds is 9. The third-order valence-corrected chi connectivity index (χ3v) is 6.25. The molecular weight excluding hydrogens is 380 g/mol. The van der Waals surface area contributed by atoms with Gasteiger partial charge in [-0.05, 0) is 63.9 Å². The van der Waals surface area contributed by atoms with Gasteiger partial charge in [0, 0.05) is 19.1 Å². The third-order valence-electron chi connectivity index (χ3n) is 6.25. The molecule has 6 nitrogen and oxygen atoms in total. The molecule has 1 aliphatic carbocycles. The molecule has 0 bridgehead atoms. The second kappa shape index (κ2) is 11.1. The first kappa shape index (κ1) is 23.0. The van der Waals surface area contributed by atoms with Crippen molar-refractivity contribution in [2.45, 2.75) is 63.7 Å². The molecule has 1 saturated carbocycles. The van der Waals surface area contributed by atoms with Gasteiger partial charge in [-0.25, -0.2) is 0 Å². The molecule has 0 aromatic heterocycles. The van der Waals surface area contributed by atoms with Gasteiger partial charge in [0.2, 0.25) is 0 Å². The van der Waals surface area contributed by atoms with E-state index in [1.54, 1.807) is 7.11 Å². The Kier molecular flexibility index (Phi) is 8.54. The number of hydrogen-bond acceptors (Lipinski definition) is 6. The van der Waals surface area contributed by atoms with E-state index in [0.717, 1.165) is 50.3 Å². The third kappa shape index (κ3) is 6.43. The van der Waals surface area contributed by atoms with E-state index in [1.165, 1.54) is 24.8 Å². The smallest absolute Gasteiger partial charge is 0.320 e. The molecule has 0 amide bonds. The number of hydrogen-bond donors (Lipinski definition) is 0. The summed E-state index contributed by atoms with van der Waals surface area (Å²) >= 11 is 0. The predicted octanol–water partition coefficient (Wildman–Crippen LogP) is 3.05. The van der Waals surface area contributed by atoms with Gasteiger partial charge in [0.05, 0.1) is 26.4 Å². The van der Waals surface area contributed by atoms with Crippen LogP contribution >= 0.6 is 0 Å². The Morgan fingerprint density at radius 1 is 1.20 bits per heavy atom. The van der Waals surface area contributed by atoms with Gasteiger partial charge in [-0.3, -0.25) is 14.6 Å². The monoisotopic (exact) mass is 418 g/mol. The number of methoxy groups -OCH3 is 1. The minimum atomic E-state index is -0.128.